The lowest BCUT2D eigenvalue weighted by Gasteiger charge is -1.97. The number of aliphatic carboxylic acids is 1. The maximum absolute atomic E-state index is 10.6. The topological polar surface area (TPSA) is 136 Å². The summed E-state index contributed by atoms with van der Waals surface area (Å²) in [6.45, 7) is 0.498. The van der Waals surface area contributed by atoms with Crippen molar-refractivity contribution in [3.8, 4) is 24.7 Å². The lowest BCUT2D eigenvalue weighted by molar-refractivity contribution is -0.152. The summed E-state index contributed by atoms with van der Waals surface area (Å²) in [4.78, 5) is 40.6. The predicted molar refractivity (Wildman–Crippen MR) is 83.7 cm³/mol. The monoisotopic (exact) mass is 326 g/mol. The molecular weight excluding hydrogens is 304 g/mol. The molecule has 0 unspecified atom stereocenters. The predicted octanol–water partition coefficient (Wildman–Crippen LogP) is -0.335. The average Bonchev–Trinajstić information content (AvgIpc) is 2.87. The van der Waals surface area contributed by atoms with Crippen molar-refractivity contribution >= 4 is 23.8 Å². The molecule has 1 aliphatic heterocycles. The van der Waals surface area contributed by atoms with Crippen molar-refractivity contribution in [2.45, 2.75) is 33.1 Å². The van der Waals surface area contributed by atoms with Crippen LogP contribution in [0, 0.1) is 24.7 Å². The van der Waals surface area contributed by atoms with Gasteiger partial charge in [0.15, 0.2) is 0 Å². The summed E-state index contributed by atoms with van der Waals surface area (Å²) in [5, 5.41) is 10.5. The second kappa shape index (κ2) is 17.2. The number of esters is 2. The van der Waals surface area contributed by atoms with Gasteiger partial charge < -0.3 is 20.9 Å². The molecule has 1 fully saturated rings. The first-order valence-corrected chi connectivity index (χ1v) is 6.16. The molecule has 23 heavy (non-hydrogen) atoms. The molecule has 128 valence electrons. The summed E-state index contributed by atoms with van der Waals surface area (Å²) in [5.74, 6) is 2.31. The van der Waals surface area contributed by atoms with Gasteiger partial charge in [0.25, 0.3) is 0 Å². The lowest BCUT2D eigenvalue weighted by Crippen LogP contribution is -2.23. The number of hydrogen-bond donors (Lipinski definition) is 3. The number of carboxylic acids is 1. The van der Waals surface area contributed by atoms with Crippen molar-refractivity contribution in [1.82, 2.24) is 5.32 Å². The Morgan fingerprint density at radius 3 is 1.91 bits per heavy atom. The standard InChI is InChI=1S/C7H9NO3.C4H4O3.C3H5N.CH4/c1-2-5-8-6(9)3-4-7(10)11;5-3-1-2-4(6)7-3;1-2-3-4;/h1H,3-5H2,(H,8,9)(H,10,11);1-2H2;1H,3-4H2;1H4. The summed E-state index contributed by atoms with van der Waals surface area (Å²) in [6, 6.07) is 0. The highest BCUT2D eigenvalue weighted by atomic mass is 16.6. The Kier molecular flexibility index (Phi) is 18.8. The quantitative estimate of drug-likeness (QED) is 0.365. The average molecular weight is 326 g/mol. The van der Waals surface area contributed by atoms with Crippen LogP contribution >= 0.6 is 0 Å². The molecule has 0 aromatic heterocycles. The highest BCUT2D eigenvalue weighted by Crippen LogP contribution is 2.03. The van der Waals surface area contributed by atoms with Gasteiger partial charge in [0, 0.05) is 6.42 Å². The van der Waals surface area contributed by atoms with Crippen LogP contribution in [0.25, 0.3) is 0 Å². The second-order valence-electron chi connectivity index (χ2n) is 3.63. The number of hydrogen-bond acceptors (Lipinski definition) is 6. The first-order chi connectivity index (χ1) is 10.4. The number of terminal acetylenes is 2. The molecule has 1 saturated heterocycles. The van der Waals surface area contributed by atoms with Gasteiger partial charge in [-0.1, -0.05) is 19.3 Å². The molecule has 1 heterocycles. The van der Waals surface area contributed by atoms with Gasteiger partial charge in [0.2, 0.25) is 5.91 Å². The summed E-state index contributed by atoms with van der Waals surface area (Å²) in [6.07, 6.45) is 9.86. The molecule has 1 amide bonds. The number of cyclic esters (lactones) is 2. The van der Waals surface area contributed by atoms with Crippen molar-refractivity contribution in [3.05, 3.63) is 0 Å². The number of carbonyl (C=O) groups is 4. The molecule has 0 saturated carbocycles. The third-order valence-electron chi connectivity index (χ3n) is 1.83. The van der Waals surface area contributed by atoms with Gasteiger partial charge in [0.1, 0.15) is 0 Å². The molecule has 8 nitrogen and oxygen atoms in total. The van der Waals surface area contributed by atoms with E-state index < -0.39 is 17.9 Å². The smallest absolute Gasteiger partial charge is 0.314 e. The van der Waals surface area contributed by atoms with E-state index >= 15 is 0 Å². The van der Waals surface area contributed by atoms with Gasteiger partial charge in [-0.3, -0.25) is 19.2 Å². The van der Waals surface area contributed by atoms with Crippen LogP contribution in [0.2, 0.25) is 0 Å². The molecule has 0 spiro atoms. The number of ether oxygens (including phenoxy) is 1. The van der Waals surface area contributed by atoms with Crippen LogP contribution in [-0.2, 0) is 23.9 Å². The fourth-order valence-corrected chi connectivity index (χ4v) is 0.892. The maximum Gasteiger partial charge on any atom is 0.314 e. The summed E-state index contributed by atoms with van der Waals surface area (Å²) in [7, 11) is 0. The molecule has 0 aliphatic carbocycles. The number of amides is 1. The highest BCUT2D eigenvalue weighted by Gasteiger charge is 2.19. The van der Waals surface area contributed by atoms with Crippen LogP contribution < -0.4 is 11.1 Å². The molecule has 1 rings (SSSR count). The minimum atomic E-state index is -0.985. The molecular formula is C15H22N2O6. The molecule has 8 heteroatoms. The van der Waals surface area contributed by atoms with E-state index in [0.717, 1.165) is 0 Å². The lowest BCUT2D eigenvalue weighted by atomic mass is 10.3. The Morgan fingerprint density at radius 1 is 1.17 bits per heavy atom. The second-order valence-corrected chi connectivity index (χ2v) is 3.63. The third kappa shape index (κ3) is 21.6. The van der Waals surface area contributed by atoms with E-state index in [0.29, 0.717) is 6.54 Å². The van der Waals surface area contributed by atoms with Crippen molar-refractivity contribution in [1.29, 1.82) is 0 Å². The van der Waals surface area contributed by atoms with Crippen molar-refractivity contribution in [3.63, 3.8) is 0 Å². The molecule has 0 aromatic rings. The largest absolute Gasteiger partial charge is 0.481 e. The van der Waals surface area contributed by atoms with Crippen molar-refractivity contribution in [2.75, 3.05) is 13.1 Å². The zero-order valence-corrected chi connectivity index (χ0v) is 12.0. The highest BCUT2D eigenvalue weighted by molar-refractivity contribution is 5.92. The number of carboxylic acid groups (broad SMARTS) is 1. The molecule has 0 atom stereocenters. The van der Waals surface area contributed by atoms with E-state index in [-0.39, 0.29) is 45.6 Å². The molecule has 4 N–H and O–H groups in total. The summed E-state index contributed by atoms with van der Waals surface area (Å²) in [5.41, 5.74) is 4.79. The zero-order chi connectivity index (χ0) is 17.4. The van der Waals surface area contributed by atoms with Gasteiger partial charge in [-0.25, -0.2) is 0 Å². The minimum absolute atomic E-state index is 0. The fourth-order valence-electron chi connectivity index (χ4n) is 0.892. The van der Waals surface area contributed by atoms with Crippen LogP contribution in [0.3, 0.4) is 0 Å². The first kappa shape index (κ1) is 25.1. The normalized spacial score (nSPS) is 10.9. The van der Waals surface area contributed by atoms with E-state index in [1.165, 1.54) is 0 Å². The molecule has 0 radical (unpaired) electrons. The molecule has 1 aliphatic rings. The van der Waals surface area contributed by atoms with Gasteiger partial charge in [-0.05, 0) is 0 Å². The summed E-state index contributed by atoms with van der Waals surface area (Å²) >= 11 is 0. The van der Waals surface area contributed by atoms with Gasteiger partial charge >= 0.3 is 17.9 Å². The minimum Gasteiger partial charge on any atom is -0.481 e. The van der Waals surface area contributed by atoms with Crippen LogP contribution in [0.4, 0.5) is 0 Å². The Labute approximate surface area is 135 Å². The van der Waals surface area contributed by atoms with Gasteiger partial charge in [0.05, 0.1) is 32.4 Å². The Balaban J connectivity index is -0.000000286. The van der Waals surface area contributed by atoms with Gasteiger partial charge in [-0.15, -0.1) is 12.8 Å². The molecule has 0 aromatic carbocycles. The zero-order valence-electron chi connectivity index (χ0n) is 12.0. The Bertz CT molecular complexity index is 459. The summed E-state index contributed by atoms with van der Waals surface area (Å²) < 4.78 is 4.08. The fraction of sp³-hybridized carbons (Fsp3) is 0.467. The van der Waals surface area contributed by atoms with E-state index in [1.807, 2.05) is 0 Å². The van der Waals surface area contributed by atoms with E-state index in [4.69, 9.17) is 17.3 Å². The Hall–Kier alpha value is -2.84. The van der Waals surface area contributed by atoms with Crippen LogP contribution in [-0.4, -0.2) is 42.0 Å². The molecule has 0 bridgehead atoms. The Morgan fingerprint density at radius 2 is 1.65 bits per heavy atom. The van der Waals surface area contributed by atoms with Crippen molar-refractivity contribution < 1.29 is 29.0 Å². The van der Waals surface area contributed by atoms with Gasteiger partial charge in [-0.2, -0.15) is 0 Å². The first-order valence-electron chi connectivity index (χ1n) is 6.16. The van der Waals surface area contributed by atoms with E-state index in [2.05, 4.69) is 28.3 Å². The van der Waals surface area contributed by atoms with E-state index in [1.54, 1.807) is 0 Å². The number of nitrogens with two attached hydrogens (primary N) is 1. The number of rotatable bonds is 4. The van der Waals surface area contributed by atoms with Crippen LogP contribution in [0.1, 0.15) is 33.1 Å². The number of carbonyl (C=O) groups excluding carboxylic acids is 3. The van der Waals surface area contributed by atoms with Crippen molar-refractivity contribution in [2.24, 2.45) is 5.73 Å². The SMILES string of the molecule is C.C#CCN.C#CCNC(=O)CCC(=O)O.O=C1CCC(=O)O1. The maximum atomic E-state index is 10.6. The third-order valence-corrected chi connectivity index (χ3v) is 1.83. The van der Waals surface area contributed by atoms with E-state index in [9.17, 15) is 19.2 Å². The van der Waals surface area contributed by atoms with Crippen LogP contribution in [0.15, 0.2) is 0 Å². The number of nitrogens with one attached hydrogen (secondary N) is 1. The van der Waals surface area contributed by atoms with Crippen LogP contribution in [0.5, 0.6) is 0 Å².